The SMILES string of the molecule is CC[C@@H](c1ccccc1)n1sc2c(-c3ccccc3)nc3ccccc3c2c1=O. The first-order chi connectivity index (χ1) is 14.3. The highest BCUT2D eigenvalue weighted by molar-refractivity contribution is 7.14. The summed E-state index contributed by atoms with van der Waals surface area (Å²) in [7, 11) is 0. The Labute approximate surface area is 173 Å². The summed E-state index contributed by atoms with van der Waals surface area (Å²) in [6.45, 7) is 2.13. The molecule has 2 aromatic heterocycles. The highest BCUT2D eigenvalue weighted by Gasteiger charge is 2.22. The molecule has 2 heterocycles. The summed E-state index contributed by atoms with van der Waals surface area (Å²) in [5.74, 6) is 0. The zero-order valence-electron chi connectivity index (χ0n) is 16.1. The normalized spacial score (nSPS) is 12.4. The van der Waals surface area contributed by atoms with Crippen molar-refractivity contribution in [2.75, 3.05) is 0 Å². The molecule has 4 heteroatoms. The third-order valence-electron chi connectivity index (χ3n) is 5.35. The van der Waals surface area contributed by atoms with Gasteiger partial charge in [-0.15, -0.1) is 0 Å². The summed E-state index contributed by atoms with van der Waals surface area (Å²) in [4.78, 5) is 18.6. The summed E-state index contributed by atoms with van der Waals surface area (Å²) in [6.07, 6.45) is 0.850. The van der Waals surface area contributed by atoms with Crippen LogP contribution in [0.4, 0.5) is 0 Å². The molecule has 0 aliphatic heterocycles. The summed E-state index contributed by atoms with van der Waals surface area (Å²) >= 11 is 1.53. The number of nitrogens with zero attached hydrogens (tertiary/aromatic N) is 2. The van der Waals surface area contributed by atoms with E-state index < -0.39 is 0 Å². The number of hydrogen-bond donors (Lipinski definition) is 0. The van der Waals surface area contributed by atoms with Crippen LogP contribution in [0.2, 0.25) is 0 Å². The zero-order valence-corrected chi connectivity index (χ0v) is 16.9. The van der Waals surface area contributed by atoms with Crippen molar-refractivity contribution in [3.8, 4) is 11.3 Å². The van der Waals surface area contributed by atoms with Crippen LogP contribution in [-0.2, 0) is 0 Å². The van der Waals surface area contributed by atoms with Gasteiger partial charge in [-0.1, -0.05) is 97.3 Å². The average Bonchev–Trinajstić information content (AvgIpc) is 3.12. The number of benzene rings is 3. The minimum absolute atomic E-state index is 0.0171. The second-order valence-corrected chi connectivity index (χ2v) is 8.09. The van der Waals surface area contributed by atoms with Crippen LogP contribution in [0.1, 0.15) is 24.9 Å². The van der Waals surface area contributed by atoms with Crippen molar-refractivity contribution < 1.29 is 0 Å². The van der Waals surface area contributed by atoms with Crippen LogP contribution < -0.4 is 5.56 Å². The van der Waals surface area contributed by atoms with E-state index in [4.69, 9.17) is 4.98 Å². The number of fused-ring (bicyclic) bond motifs is 3. The minimum atomic E-state index is 0.0171. The lowest BCUT2D eigenvalue weighted by molar-refractivity contribution is 0.596. The summed E-state index contributed by atoms with van der Waals surface area (Å²) < 4.78 is 2.88. The van der Waals surface area contributed by atoms with Gasteiger partial charge in [-0.2, -0.15) is 0 Å². The van der Waals surface area contributed by atoms with Crippen LogP contribution in [-0.4, -0.2) is 8.94 Å². The molecule has 0 radical (unpaired) electrons. The van der Waals surface area contributed by atoms with Crippen molar-refractivity contribution in [1.29, 1.82) is 0 Å². The maximum absolute atomic E-state index is 13.6. The molecule has 0 spiro atoms. The predicted octanol–water partition coefficient (Wildman–Crippen LogP) is 6.28. The van der Waals surface area contributed by atoms with Crippen molar-refractivity contribution in [2.45, 2.75) is 19.4 Å². The van der Waals surface area contributed by atoms with E-state index in [2.05, 4.69) is 31.2 Å². The highest BCUT2D eigenvalue weighted by Crippen LogP contribution is 2.36. The van der Waals surface area contributed by atoms with Gasteiger partial charge < -0.3 is 0 Å². The Morgan fingerprint density at radius 1 is 0.897 bits per heavy atom. The first kappa shape index (κ1) is 17.8. The lowest BCUT2D eigenvalue weighted by atomic mass is 10.0. The lowest BCUT2D eigenvalue weighted by Gasteiger charge is -2.15. The molecule has 0 saturated heterocycles. The molecule has 142 valence electrons. The molecule has 0 bridgehead atoms. The first-order valence-corrected chi connectivity index (χ1v) is 10.6. The van der Waals surface area contributed by atoms with Gasteiger partial charge in [0.1, 0.15) is 0 Å². The van der Waals surface area contributed by atoms with Crippen molar-refractivity contribution >= 4 is 32.5 Å². The third kappa shape index (κ3) is 2.97. The minimum Gasteiger partial charge on any atom is -0.268 e. The molecular formula is C25H20N2OS. The van der Waals surface area contributed by atoms with E-state index >= 15 is 0 Å². The third-order valence-corrected chi connectivity index (χ3v) is 6.55. The van der Waals surface area contributed by atoms with Crippen LogP contribution in [0.15, 0.2) is 89.7 Å². The Kier molecular flexibility index (Phi) is 4.49. The molecule has 5 aromatic rings. The second kappa shape index (κ2) is 7.30. The fourth-order valence-corrected chi connectivity index (χ4v) is 5.26. The molecule has 0 aliphatic rings. The average molecular weight is 397 g/mol. The Balaban J connectivity index is 1.86. The Hall–Kier alpha value is -3.24. The van der Waals surface area contributed by atoms with E-state index in [1.54, 1.807) is 0 Å². The first-order valence-electron chi connectivity index (χ1n) is 9.82. The van der Waals surface area contributed by atoms with Crippen molar-refractivity contribution in [3.63, 3.8) is 0 Å². The van der Waals surface area contributed by atoms with E-state index in [-0.39, 0.29) is 11.6 Å². The molecule has 0 unspecified atom stereocenters. The number of rotatable bonds is 4. The van der Waals surface area contributed by atoms with Crippen molar-refractivity contribution in [2.24, 2.45) is 0 Å². The van der Waals surface area contributed by atoms with E-state index in [0.717, 1.165) is 44.2 Å². The number of pyridine rings is 1. The zero-order chi connectivity index (χ0) is 19.8. The standard InChI is InChI=1S/C25H20N2OS/c1-2-21(17-11-5-3-6-12-17)27-25(28)22-19-15-9-10-16-20(19)26-23(24(22)29-27)18-13-7-4-8-14-18/h3-16,21H,2H2,1H3/t21-/m0/s1. The number of aromatic nitrogens is 2. The quantitative estimate of drug-likeness (QED) is 0.358. The van der Waals surface area contributed by atoms with Gasteiger partial charge >= 0.3 is 0 Å². The van der Waals surface area contributed by atoms with Crippen LogP contribution in [0, 0.1) is 0 Å². The molecule has 0 saturated carbocycles. The largest absolute Gasteiger partial charge is 0.269 e. The molecule has 0 aliphatic carbocycles. The second-order valence-electron chi connectivity index (χ2n) is 7.10. The molecular weight excluding hydrogens is 376 g/mol. The van der Waals surface area contributed by atoms with E-state index in [9.17, 15) is 4.79 Å². The molecule has 1 atom stereocenters. The number of hydrogen-bond acceptors (Lipinski definition) is 3. The van der Waals surface area contributed by atoms with Crippen LogP contribution in [0.3, 0.4) is 0 Å². The fourth-order valence-electron chi connectivity index (χ4n) is 3.95. The molecule has 5 rings (SSSR count). The molecule has 0 N–H and O–H groups in total. The molecule has 3 aromatic carbocycles. The van der Waals surface area contributed by atoms with Crippen LogP contribution in [0.5, 0.6) is 0 Å². The van der Waals surface area contributed by atoms with Crippen molar-refractivity contribution in [1.82, 2.24) is 8.94 Å². The fraction of sp³-hybridized carbons (Fsp3) is 0.120. The van der Waals surface area contributed by atoms with Gasteiger partial charge in [0.05, 0.1) is 27.3 Å². The van der Waals surface area contributed by atoms with Gasteiger partial charge in [0.25, 0.3) is 5.56 Å². The van der Waals surface area contributed by atoms with Gasteiger partial charge in [0, 0.05) is 10.9 Å². The smallest absolute Gasteiger partial charge is 0.268 e. The maximum atomic E-state index is 13.6. The Bertz CT molecular complexity index is 1350. The Morgan fingerprint density at radius 3 is 2.28 bits per heavy atom. The van der Waals surface area contributed by atoms with Gasteiger partial charge in [-0.25, -0.2) is 4.98 Å². The summed E-state index contributed by atoms with van der Waals surface area (Å²) in [6, 6.07) is 28.3. The van der Waals surface area contributed by atoms with Crippen molar-refractivity contribution in [3.05, 3.63) is 101 Å². The summed E-state index contributed by atoms with van der Waals surface area (Å²) in [5, 5.41) is 1.69. The molecule has 0 amide bonds. The highest BCUT2D eigenvalue weighted by atomic mass is 32.1. The van der Waals surface area contributed by atoms with Crippen LogP contribution in [0.25, 0.3) is 32.2 Å². The Morgan fingerprint density at radius 2 is 1.55 bits per heavy atom. The van der Waals surface area contributed by atoms with Gasteiger partial charge in [-0.05, 0) is 18.1 Å². The topological polar surface area (TPSA) is 34.9 Å². The number of para-hydroxylation sites is 1. The predicted molar refractivity (Wildman–Crippen MR) is 122 cm³/mol. The van der Waals surface area contributed by atoms with E-state index in [1.165, 1.54) is 11.5 Å². The monoisotopic (exact) mass is 396 g/mol. The van der Waals surface area contributed by atoms with E-state index in [0.29, 0.717) is 0 Å². The van der Waals surface area contributed by atoms with Gasteiger partial charge in [0.15, 0.2) is 0 Å². The molecule has 29 heavy (non-hydrogen) atoms. The van der Waals surface area contributed by atoms with Gasteiger partial charge in [-0.3, -0.25) is 8.75 Å². The summed E-state index contributed by atoms with van der Waals surface area (Å²) in [5.41, 5.74) is 3.99. The molecule has 0 fully saturated rings. The van der Waals surface area contributed by atoms with Crippen LogP contribution >= 0.6 is 11.5 Å². The van der Waals surface area contributed by atoms with Gasteiger partial charge in [0.2, 0.25) is 0 Å². The molecule has 3 nitrogen and oxygen atoms in total. The maximum Gasteiger partial charge on any atom is 0.269 e. The lowest BCUT2D eigenvalue weighted by Crippen LogP contribution is -2.19. The van der Waals surface area contributed by atoms with E-state index in [1.807, 2.05) is 64.6 Å².